The van der Waals surface area contributed by atoms with E-state index in [9.17, 15) is 4.79 Å². The van der Waals surface area contributed by atoms with Gasteiger partial charge in [0.25, 0.3) is 5.91 Å². The van der Waals surface area contributed by atoms with Crippen molar-refractivity contribution in [3.63, 3.8) is 0 Å². The van der Waals surface area contributed by atoms with Crippen LogP contribution in [0.2, 0.25) is 0 Å². The fourth-order valence-corrected chi connectivity index (χ4v) is 3.38. The van der Waals surface area contributed by atoms with E-state index < -0.39 is 0 Å². The van der Waals surface area contributed by atoms with Crippen molar-refractivity contribution in [2.75, 3.05) is 13.2 Å². The van der Waals surface area contributed by atoms with Crippen molar-refractivity contribution in [2.24, 2.45) is 0 Å². The quantitative estimate of drug-likeness (QED) is 0.655. The lowest BCUT2D eigenvalue weighted by Gasteiger charge is -2.23. The van der Waals surface area contributed by atoms with Crippen LogP contribution in [-0.4, -0.2) is 25.2 Å². The van der Waals surface area contributed by atoms with Gasteiger partial charge in [-0.05, 0) is 43.5 Å². The van der Waals surface area contributed by atoms with Crippen LogP contribution in [0.4, 0.5) is 0 Å². The molecule has 1 aromatic carbocycles. The molecule has 1 fully saturated rings. The van der Waals surface area contributed by atoms with Crippen LogP contribution >= 0.6 is 15.9 Å². The average Bonchev–Trinajstić information content (AvgIpc) is 2.67. The van der Waals surface area contributed by atoms with Gasteiger partial charge >= 0.3 is 0 Å². The molecule has 1 aliphatic rings. The van der Waals surface area contributed by atoms with Crippen molar-refractivity contribution in [1.29, 1.82) is 10.5 Å². The molecule has 0 radical (unpaired) electrons. The van der Waals surface area contributed by atoms with Crippen LogP contribution in [-0.2, 0) is 4.79 Å². The first-order valence-corrected chi connectivity index (χ1v) is 9.77. The van der Waals surface area contributed by atoms with Crippen LogP contribution in [0.1, 0.15) is 44.6 Å². The number of hydrogen-bond donors (Lipinski definition) is 1. The summed E-state index contributed by atoms with van der Waals surface area (Å²) in [6, 6.07) is 7.24. The summed E-state index contributed by atoms with van der Waals surface area (Å²) >= 11 is 3.41. The highest BCUT2D eigenvalue weighted by molar-refractivity contribution is 9.10. The number of allylic oxidation sites excluding steroid dienone is 1. The molecule has 0 saturated heterocycles. The van der Waals surface area contributed by atoms with Crippen molar-refractivity contribution < 1.29 is 14.3 Å². The van der Waals surface area contributed by atoms with E-state index in [-0.39, 0.29) is 24.1 Å². The molecule has 1 saturated carbocycles. The van der Waals surface area contributed by atoms with Gasteiger partial charge < -0.3 is 14.8 Å². The molecule has 27 heavy (non-hydrogen) atoms. The smallest absolute Gasteiger partial charge is 0.258 e. The Labute approximate surface area is 167 Å². The number of halogens is 1. The van der Waals surface area contributed by atoms with E-state index in [1.807, 2.05) is 19.1 Å². The largest absolute Gasteiger partial charge is 0.490 e. The number of nitrogens with zero attached hydrogens (tertiary/aromatic N) is 2. The molecule has 1 amide bonds. The number of hydrogen-bond acceptors (Lipinski definition) is 5. The van der Waals surface area contributed by atoms with E-state index in [0.29, 0.717) is 28.1 Å². The fraction of sp³-hybridized carbons (Fsp3) is 0.450. The van der Waals surface area contributed by atoms with E-state index in [0.717, 1.165) is 25.7 Å². The fourth-order valence-electron chi connectivity index (χ4n) is 2.95. The molecule has 0 spiro atoms. The Morgan fingerprint density at radius 3 is 2.52 bits per heavy atom. The molecule has 0 unspecified atom stereocenters. The first-order valence-electron chi connectivity index (χ1n) is 8.97. The molecule has 0 heterocycles. The Kier molecular flexibility index (Phi) is 8.16. The maximum absolute atomic E-state index is 12.2. The first-order chi connectivity index (χ1) is 13.1. The van der Waals surface area contributed by atoms with Crippen molar-refractivity contribution in [1.82, 2.24) is 5.32 Å². The summed E-state index contributed by atoms with van der Waals surface area (Å²) in [7, 11) is 0. The van der Waals surface area contributed by atoms with Crippen LogP contribution in [0.15, 0.2) is 22.2 Å². The highest BCUT2D eigenvalue weighted by Gasteiger charge is 2.17. The highest BCUT2D eigenvalue weighted by atomic mass is 79.9. The maximum atomic E-state index is 12.2. The molecule has 2 rings (SSSR count). The Morgan fingerprint density at radius 1 is 1.22 bits per heavy atom. The lowest BCUT2D eigenvalue weighted by atomic mass is 9.95. The molecule has 0 bridgehead atoms. The third-order valence-electron chi connectivity index (χ3n) is 4.23. The summed E-state index contributed by atoms with van der Waals surface area (Å²) in [6.45, 7) is 2.16. The van der Waals surface area contributed by atoms with Crippen molar-refractivity contribution in [2.45, 2.75) is 45.1 Å². The first kappa shape index (κ1) is 20.8. The number of rotatable bonds is 7. The lowest BCUT2D eigenvalue weighted by molar-refractivity contribution is -0.124. The summed E-state index contributed by atoms with van der Waals surface area (Å²) in [5, 5.41) is 20.9. The van der Waals surface area contributed by atoms with Gasteiger partial charge in [0, 0.05) is 10.5 Å². The van der Waals surface area contributed by atoms with Crippen LogP contribution in [0.3, 0.4) is 0 Å². The zero-order chi connectivity index (χ0) is 19.6. The minimum atomic E-state index is -0.152. The standard InChI is InChI=1S/C20H22BrN3O3/c1-2-26-18-9-15(8-14(11-22)12-23)17(21)10-19(18)27-13-20(25)24-16-6-4-3-5-7-16/h8-10,16H,2-7,13H2,1H3,(H,24,25). The summed E-state index contributed by atoms with van der Waals surface area (Å²) in [5.74, 6) is 0.725. The third kappa shape index (κ3) is 6.30. The van der Waals surface area contributed by atoms with E-state index in [1.165, 1.54) is 12.5 Å². The van der Waals surface area contributed by atoms with Gasteiger partial charge in [-0.25, -0.2) is 0 Å². The number of benzene rings is 1. The van der Waals surface area contributed by atoms with Gasteiger partial charge in [0.15, 0.2) is 18.1 Å². The van der Waals surface area contributed by atoms with Gasteiger partial charge in [-0.1, -0.05) is 35.2 Å². The van der Waals surface area contributed by atoms with Crippen LogP contribution in [0.5, 0.6) is 11.5 Å². The lowest BCUT2D eigenvalue weighted by Crippen LogP contribution is -2.39. The summed E-state index contributed by atoms with van der Waals surface area (Å²) in [6.07, 6.45) is 7.03. The van der Waals surface area contributed by atoms with Crippen molar-refractivity contribution in [3.8, 4) is 23.6 Å². The molecule has 0 atom stereocenters. The van der Waals surface area contributed by atoms with E-state index in [4.69, 9.17) is 20.0 Å². The van der Waals surface area contributed by atoms with E-state index in [2.05, 4.69) is 21.2 Å². The minimum absolute atomic E-state index is 0.0151. The van der Waals surface area contributed by atoms with E-state index >= 15 is 0 Å². The normalized spacial score (nSPS) is 13.8. The van der Waals surface area contributed by atoms with Crippen molar-refractivity contribution >= 4 is 27.9 Å². The molecule has 0 aromatic heterocycles. The Balaban J connectivity index is 2.10. The van der Waals surface area contributed by atoms with Gasteiger partial charge in [-0.3, -0.25) is 4.79 Å². The van der Waals surface area contributed by atoms with Crippen LogP contribution in [0, 0.1) is 22.7 Å². The molecule has 1 aromatic rings. The molecule has 1 N–H and O–H groups in total. The van der Waals surface area contributed by atoms with Gasteiger partial charge in [-0.2, -0.15) is 10.5 Å². The second-order valence-electron chi connectivity index (χ2n) is 6.23. The van der Waals surface area contributed by atoms with Gasteiger partial charge in [0.2, 0.25) is 0 Å². The van der Waals surface area contributed by atoms with Crippen molar-refractivity contribution in [3.05, 3.63) is 27.7 Å². The summed E-state index contributed by atoms with van der Waals surface area (Å²) in [4.78, 5) is 12.2. The number of ether oxygens (including phenoxy) is 2. The molecule has 1 aliphatic carbocycles. The summed E-state index contributed by atoms with van der Waals surface area (Å²) in [5.41, 5.74) is 0.606. The molecular formula is C20H22BrN3O3. The number of nitrogens with one attached hydrogen (secondary N) is 1. The van der Waals surface area contributed by atoms with Crippen LogP contribution < -0.4 is 14.8 Å². The zero-order valence-electron chi connectivity index (χ0n) is 15.3. The Bertz CT molecular complexity index is 771. The molecular weight excluding hydrogens is 410 g/mol. The summed E-state index contributed by atoms with van der Waals surface area (Å²) < 4.78 is 11.9. The molecule has 0 aliphatic heterocycles. The predicted molar refractivity (Wildman–Crippen MR) is 105 cm³/mol. The minimum Gasteiger partial charge on any atom is -0.490 e. The number of amides is 1. The second-order valence-corrected chi connectivity index (χ2v) is 7.08. The highest BCUT2D eigenvalue weighted by Crippen LogP contribution is 2.35. The van der Waals surface area contributed by atoms with Crippen LogP contribution in [0.25, 0.3) is 6.08 Å². The average molecular weight is 432 g/mol. The van der Waals surface area contributed by atoms with Gasteiger partial charge in [0.1, 0.15) is 17.7 Å². The number of carbonyl (C=O) groups excluding carboxylic acids is 1. The van der Waals surface area contributed by atoms with Gasteiger partial charge in [-0.15, -0.1) is 0 Å². The monoisotopic (exact) mass is 431 g/mol. The number of nitriles is 2. The number of carbonyl (C=O) groups is 1. The predicted octanol–water partition coefficient (Wildman–Crippen LogP) is 4.11. The SMILES string of the molecule is CCOc1cc(C=C(C#N)C#N)c(Br)cc1OCC(=O)NC1CCCCC1. The Morgan fingerprint density at radius 2 is 1.89 bits per heavy atom. The maximum Gasteiger partial charge on any atom is 0.258 e. The third-order valence-corrected chi connectivity index (χ3v) is 4.92. The second kappa shape index (κ2) is 10.6. The Hall–Kier alpha value is -2.51. The topological polar surface area (TPSA) is 95.1 Å². The molecule has 6 nitrogen and oxygen atoms in total. The zero-order valence-corrected chi connectivity index (χ0v) is 16.8. The molecule has 142 valence electrons. The van der Waals surface area contributed by atoms with E-state index in [1.54, 1.807) is 12.1 Å². The van der Waals surface area contributed by atoms with Gasteiger partial charge in [0.05, 0.1) is 6.61 Å². The molecule has 7 heteroatoms.